The first-order chi connectivity index (χ1) is 5.41. The normalized spacial score (nSPS) is 10.6. The quantitative estimate of drug-likeness (QED) is 0.350. The SMILES string of the molecule is CCCCONCCCP=O. The summed E-state index contributed by atoms with van der Waals surface area (Å²) in [6.07, 6.45) is 3.86. The summed E-state index contributed by atoms with van der Waals surface area (Å²) < 4.78 is 9.97. The van der Waals surface area contributed by atoms with E-state index in [4.69, 9.17) is 4.84 Å². The molecule has 0 radical (unpaired) electrons. The minimum absolute atomic E-state index is 0.224. The Morgan fingerprint density at radius 3 is 2.91 bits per heavy atom. The minimum atomic E-state index is 0.224. The maximum atomic E-state index is 9.97. The molecule has 0 aliphatic heterocycles. The predicted octanol–water partition coefficient (Wildman–Crippen LogP) is 1.99. The summed E-state index contributed by atoms with van der Waals surface area (Å²) >= 11 is 0. The molecular formula is C7H16NO2P. The van der Waals surface area contributed by atoms with Crippen LogP contribution in [0.3, 0.4) is 0 Å². The minimum Gasteiger partial charge on any atom is -0.302 e. The largest absolute Gasteiger partial charge is 0.302 e. The lowest BCUT2D eigenvalue weighted by molar-refractivity contribution is 0.0397. The summed E-state index contributed by atoms with van der Waals surface area (Å²) in [5.74, 6) is 0. The van der Waals surface area contributed by atoms with Crippen LogP contribution in [0.1, 0.15) is 26.2 Å². The molecule has 0 aromatic carbocycles. The third-order valence-corrected chi connectivity index (χ3v) is 1.73. The number of hydrogen-bond donors (Lipinski definition) is 1. The Balaban J connectivity index is 2.74. The van der Waals surface area contributed by atoms with Crippen molar-refractivity contribution in [3.05, 3.63) is 0 Å². The fraction of sp³-hybridized carbons (Fsp3) is 1.00. The Morgan fingerprint density at radius 2 is 2.27 bits per heavy atom. The zero-order chi connectivity index (χ0) is 8.36. The molecular weight excluding hydrogens is 161 g/mol. The molecule has 0 fully saturated rings. The van der Waals surface area contributed by atoms with Crippen molar-refractivity contribution < 1.29 is 9.40 Å². The van der Waals surface area contributed by atoms with E-state index >= 15 is 0 Å². The number of unbranched alkanes of at least 4 members (excludes halogenated alkanes) is 1. The fourth-order valence-corrected chi connectivity index (χ4v) is 0.864. The lowest BCUT2D eigenvalue weighted by Gasteiger charge is -2.02. The molecule has 11 heavy (non-hydrogen) atoms. The van der Waals surface area contributed by atoms with Gasteiger partial charge in [0.1, 0.15) is 0 Å². The zero-order valence-corrected chi connectivity index (χ0v) is 7.90. The van der Waals surface area contributed by atoms with Crippen LogP contribution in [0.2, 0.25) is 0 Å². The second-order valence-corrected chi connectivity index (χ2v) is 3.01. The topological polar surface area (TPSA) is 38.3 Å². The summed E-state index contributed by atoms with van der Waals surface area (Å²) in [6.45, 7) is 3.68. The second-order valence-electron chi connectivity index (χ2n) is 2.30. The van der Waals surface area contributed by atoms with Crippen molar-refractivity contribution in [2.45, 2.75) is 26.2 Å². The standard InChI is InChI=1S/C7H16NO2P/c1-2-3-6-10-8-5-4-7-11-9/h8H,2-7H2,1H3. The van der Waals surface area contributed by atoms with Gasteiger partial charge in [0.25, 0.3) is 0 Å². The van der Waals surface area contributed by atoms with Crippen LogP contribution in [0, 0.1) is 0 Å². The van der Waals surface area contributed by atoms with Gasteiger partial charge >= 0.3 is 0 Å². The maximum Gasteiger partial charge on any atom is 0.155 e. The van der Waals surface area contributed by atoms with E-state index in [-0.39, 0.29) is 8.46 Å². The van der Waals surface area contributed by atoms with Crippen molar-refractivity contribution in [2.75, 3.05) is 19.3 Å². The lowest BCUT2D eigenvalue weighted by atomic mass is 10.4. The predicted molar refractivity (Wildman–Crippen MR) is 46.0 cm³/mol. The lowest BCUT2D eigenvalue weighted by Crippen LogP contribution is -2.16. The molecule has 0 aliphatic carbocycles. The van der Waals surface area contributed by atoms with E-state index in [0.29, 0.717) is 6.16 Å². The Labute approximate surface area is 69.7 Å². The van der Waals surface area contributed by atoms with Gasteiger partial charge in [0.15, 0.2) is 8.46 Å². The molecule has 1 N–H and O–H groups in total. The summed E-state index contributed by atoms with van der Waals surface area (Å²) in [5, 5.41) is 0. The monoisotopic (exact) mass is 177 g/mol. The molecule has 4 heteroatoms. The van der Waals surface area contributed by atoms with Crippen molar-refractivity contribution in [3.63, 3.8) is 0 Å². The molecule has 66 valence electrons. The highest BCUT2D eigenvalue weighted by Gasteiger charge is 1.87. The van der Waals surface area contributed by atoms with E-state index in [1.165, 1.54) is 0 Å². The van der Waals surface area contributed by atoms with E-state index in [9.17, 15) is 4.57 Å². The molecule has 0 aliphatic rings. The summed E-state index contributed by atoms with van der Waals surface area (Å²) in [6, 6.07) is 0. The summed E-state index contributed by atoms with van der Waals surface area (Å²) in [5.41, 5.74) is 2.81. The van der Waals surface area contributed by atoms with Crippen LogP contribution >= 0.6 is 8.46 Å². The third-order valence-electron chi connectivity index (χ3n) is 1.23. The second kappa shape index (κ2) is 10.0. The van der Waals surface area contributed by atoms with E-state index in [1.807, 2.05) is 0 Å². The van der Waals surface area contributed by atoms with Gasteiger partial charge in [0.05, 0.1) is 6.61 Å². The van der Waals surface area contributed by atoms with Gasteiger partial charge in [-0.25, -0.2) is 5.48 Å². The first kappa shape index (κ1) is 11.0. The molecule has 0 atom stereocenters. The first-order valence-electron chi connectivity index (χ1n) is 4.05. The Morgan fingerprint density at radius 1 is 1.45 bits per heavy atom. The van der Waals surface area contributed by atoms with Crippen LogP contribution in [0.25, 0.3) is 0 Å². The van der Waals surface area contributed by atoms with Crippen molar-refractivity contribution in [1.29, 1.82) is 0 Å². The number of hydrogen-bond acceptors (Lipinski definition) is 3. The smallest absolute Gasteiger partial charge is 0.155 e. The van der Waals surface area contributed by atoms with Crippen LogP contribution in [0.4, 0.5) is 0 Å². The molecule has 0 spiro atoms. The molecule has 0 saturated heterocycles. The molecule has 0 aromatic rings. The van der Waals surface area contributed by atoms with Crippen molar-refractivity contribution in [2.24, 2.45) is 0 Å². The van der Waals surface area contributed by atoms with Gasteiger partial charge in [-0.15, -0.1) is 0 Å². The van der Waals surface area contributed by atoms with Gasteiger partial charge in [0.2, 0.25) is 0 Å². The van der Waals surface area contributed by atoms with Gasteiger partial charge in [-0.05, 0) is 12.8 Å². The Bertz CT molecular complexity index is 90.5. The van der Waals surface area contributed by atoms with Crippen LogP contribution in [-0.4, -0.2) is 19.3 Å². The van der Waals surface area contributed by atoms with E-state index in [0.717, 1.165) is 32.4 Å². The maximum absolute atomic E-state index is 9.97. The highest BCUT2D eigenvalue weighted by molar-refractivity contribution is 7.23. The number of hydroxylamine groups is 1. The molecule has 0 unspecified atom stereocenters. The van der Waals surface area contributed by atoms with Gasteiger partial charge in [0, 0.05) is 12.7 Å². The molecule has 0 amide bonds. The van der Waals surface area contributed by atoms with Crippen molar-refractivity contribution in [1.82, 2.24) is 5.48 Å². The molecule has 0 saturated carbocycles. The Hall–Kier alpha value is 0.0200. The van der Waals surface area contributed by atoms with E-state index < -0.39 is 0 Å². The van der Waals surface area contributed by atoms with E-state index in [2.05, 4.69) is 12.4 Å². The zero-order valence-electron chi connectivity index (χ0n) is 7.01. The molecule has 0 rings (SSSR count). The summed E-state index contributed by atoms with van der Waals surface area (Å²) in [4.78, 5) is 5.07. The molecule has 0 bridgehead atoms. The number of rotatable bonds is 8. The van der Waals surface area contributed by atoms with Gasteiger partial charge in [-0.1, -0.05) is 13.3 Å². The van der Waals surface area contributed by atoms with Gasteiger partial charge < -0.3 is 4.84 Å². The van der Waals surface area contributed by atoms with E-state index in [1.54, 1.807) is 0 Å². The van der Waals surface area contributed by atoms with Crippen molar-refractivity contribution in [3.8, 4) is 0 Å². The number of nitrogens with one attached hydrogen (secondary N) is 1. The third kappa shape index (κ3) is 10.0. The van der Waals surface area contributed by atoms with Crippen LogP contribution < -0.4 is 5.48 Å². The van der Waals surface area contributed by atoms with Crippen LogP contribution in [0.5, 0.6) is 0 Å². The highest BCUT2D eigenvalue weighted by Crippen LogP contribution is 1.92. The van der Waals surface area contributed by atoms with Gasteiger partial charge in [-0.3, -0.25) is 4.57 Å². The average molecular weight is 177 g/mol. The van der Waals surface area contributed by atoms with Crippen LogP contribution in [-0.2, 0) is 9.40 Å². The summed E-state index contributed by atoms with van der Waals surface area (Å²) in [7, 11) is 0.224. The molecule has 3 nitrogen and oxygen atoms in total. The first-order valence-corrected chi connectivity index (χ1v) is 5.05. The fourth-order valence-electron chi connectivity index (χ4n) is 0.577. The average Bonchev–Trinajstić information content (AvgIpc) is 2.03. The Kier molecular flexibility index (Phi) is 10.0. The van der Waals surface area contributed by atoms with Crippen molar-refractivity contribution >= 4 is 8.46 Å². The highest BCUT2D eigenvalue weighted by atomic mass is 31.1. The molecule has 0 heterocycles. The van der Waals surface area contributed by atoms with Crippen LogP contribution in [0.15, 0.2) is 0 Å². The van der Waals surface area contributed by atoms with Gasteiger partial charge in [-0.2, -0.15) is 0 Å². The molecule has 0 aromatic heterocycles.